The molecule has 0 amide bonds. The molecule has 6 heteroatoms. The second kappa shape index (κ2) is 11.1. The largest absolute Gasteiger partial charge is 0.371 e. The van der Waals surface area contributed by atoms with E-state index >= 15 is 0 Å². The van der Waals surface area contributed by atoms with Gasteiger partial charge in [-0.2, -0.15) is 16.9 Å². The quantitative estimate of drug-likeness (QED) is 0.464. The van der Waals surface area contributed by atoms with Gasteiger partial charge in [0.15, 0.2) is 5.82 Å². The minimum Gasteiger partial charge on any atom is -0.371 e. The van der Waals surface area contributed by atoms with Crippen molar-refractivity contribution in [1.29, 1.82) is 0 Å². The fraction of sp³-hybridized carbons (Fsp3) is 0.478. The highest BCUT2D eigenvalue weighted by Gasteiger charge is 2.16. The molecule has 2 heterocycles. The van der Waals surface area contributed by atoms with Gasteiger partial charge in [-0.3, -0.25) is 5.43 Å². The van der Waals surface area contributed by atoms with Gasteiger partial charge in [-0.05, 0) is 25.3 Å². The second-order valence-corrected chi connectivity index (χ2v) is 8.66. The highest BCUT2D eigenvalue weighted by molar-refractivity contribution is 7.99. The Kier molecular flexibility index (Phi) is 8.23. The van der Waals surface area contributed by atoms with E-state index in [1.165, 1.54) is 11.3 Å². The summed E-state index contributed by atoms with van der Waals surface area (Å²) in [6, 6.07) is 12.7. The molecule has 1 aliphatic rings. The van der Waals surface area contributed by atoms with Crippen LogP contribution in [0.4, 0.5) is 17.3 Å². The van der Waals surface area contributed by atoms with Crippen LogP contribution in [0.2, 0.25) is 0 Å². The van der Waals surface area contributed by atoms with Crippen LogP contribution in [0.1, 0.15) is 37.8 Å². The van der Waals surface area contributed by atoms with Crippen LogP contribution >= 0.6 is 11.8 Å². The number of hydrazone groups is 1. The van der Waals surface area contributed by atoms with Crippen molar-refractivity contribution in [3.8, 4) is 0 Å². The van der Waals surface area contributed by atoms with E-state index in [9.17, 15) is 0 Å². The zero-order valence-electron chi connectivity index (χ0n) is 17.9. The molecule has 1 fully saturated rings. The van der Waals surface area contributed by atoms with E-state index < -0.39 is 0 Å². The SMILES string of the molecule is CCCN(CCC)c1cc(N/N=C/c2cccc(C)c2)nc(N2CCSCC2)c1. The normalized spacial score (nSPS) is 14.4. The molecule has 1 aromatic heterocycles. The first-order valence-electron chi connectivity index (χ1n) is 10.6. The number of thioether (sulfide) groups is 1. The summed E-state index contributed by atoms with van der Waals surface area (Å²) in [5, 5.41) is 4.45. The fourth-order valence-corrected chi connectivity index (χ4v) is 4.43. The van der Waals surface area contributed by atoms with Gasteiger partial charge in [-0.1, -0.05) is 43.7 Å². The molecule has 1 N–H and O–H groups in total. The molecule has 0 atom stereocenters. The molecule has 3 rings (SSSR count). The van der Waals surface area contributed by atoms with E-state index in [0.717, 1.165) is 67.7 Å². The van der Waals surface area contributed by atoms with Crippen molar-refractivity contribution in [1.82, 2.24) is 4.98 Å². The van der Waals surface area contributed by atoms with Crippen LogP contribution in [0.5, 0.6) is 0 Å². The Morgan fingerprint density at radius 2 is 1.90 bits per heavy atom. The maximum atomic E-state index is 4.87. The third-order valence-corrected chi connectivity index (χ3v) is 5.86. The van der Waals surface area contributed by atoms with E-state index in [1.54, 1.807) is 0 Å². The number of nitrogens with one attached hydrogen (secondary N) is 1. The van der Waals surface area contributed by atoms with Crippen LogP contribution in [0.25, 0.3) is 0 Å². The average molecular weight is 412 g/mol. The number of nitrogens with zero attached hydrogens (tertiary/aromatic N) is 4. The van der Waals surface area contributed by atoms with Gasteiger partial charge in [-0.15, -0.1) is 0 Å². The molecule has 0 radical (unpaired) electrons. The Labute approximate surface area is 179 Å². The van der Waals surface area contributed by atoms with E-state index in [4.69, 9.17) is 4.98 Å². The molecular weight excluding hydrogens is 378 g/mol. The predicted octanol–water partition coefficient (Wildman–Crippen LogP) is 5.02. The number of aromatic nitrogens is 1. The Bertz CT molecular complexity index is 796. The van der Waals surface area contributed by atoms with Crippen molar-refractivity contribution in [3.05, 3.63) is 47.5 Å². The Balaban J connectivity index is 1.84. The summed E-state index contributed by atoms with van der Waals surface area (Å²) < 4.78 is 0. The Hall–Kier alpha value is -2.21. The van der Waals surface area contributed by atoms with Crippen LogP contribution in [0.3, 0.4) is 0 Å². The van der Waals surface area contributed by atoms with Crippen LogP contribution < -0.4 is 15.2 Å². The van der Waals surface area contributed by atoms with Crippen LogP contribution in [-0.2, 0) is 0 Å². The third-order valence-electron chi connectivity index (χ3n) is 4.92. The molecule has 0 bridgehead atoms. The monoisotopic (exact) mass is 411 g/mol. The van der Waals surface area contributed by atoms with Crippen molar-refractivity contribution in [3.63, 3.8) is 0 Å². The van der Waals surface area contributed by atoms with Crippen molar-refractivity contribution < 1.29 is 0 Å². The topological polar surface area (TPSA) is 43.8 Å². The smallest absolute Gasteiger partial charge is 0.150 e. The molecular formula is C23H33N5S. The number of benzene rings is 1. The lowest BCUT2D eigenvalue weighted by Gasteiger charge is -2.30. The second-order valence-electron chi connectivity index (χ2n) is 7.44. The van der Waals surface area contributed by atoms with Gasteiger partial charge in [-0.25, -0.2) is 4.98 Å². The molecule has 0 aliphatic carbocycles. The third kappa shape index (κ3) is 6.39. The first-order valence-corrected chi connectivity index (χ1v) is 11.8. The Morgan fingerprint density at radius 1 is 1.14 bits per heavy atom. The van der Waals surface area contributed by atoms with E-state index in [0.29, 0.717) is 0 Å². The lowest BCUT2D eigenvalue weighted by atomic mass is 10.2. The number of hydrogen-bond donors (Lipinski definition) is 1. The number of pyridine rings is 1. The lowest BCUT2D eigenvalue weighted by molar-refractivity contribution is 0.743. The minimum atomic E-state index is 0.803. The van der Waals surface area contributed by atoms with Crippen molar-refractivity contribution in [2.24, 2.45) is 5.10 Å². The van der Waals surface area contributed by atoms with Gasteiger partial charge >= 0.3 is 0 Å². The minimum absolute atomic E-state index is 0.803. The van der Waals surface area contributed by atoms with Crippen LogP contribution in [-0.4, -0.2) is 48.9 Å². The molecule has 1 saturated heterocycles. The summed E-state index contributed by atoms with van der Waals surface area (Å²) in [5.74, 6) is 4.17. The number of hydrogen-bond acceptors (Lipinski definition) is 6. The lowest BCUT2D eigenvalue weighted by Crippen LogP contribution is -2.33. The average Bonchev–Trinajstić information content (AvgIpc) is 2.74. The van der Waals surface area contributed by atoms with Gasteiger partial charge in [0, 0.05) is 55.5 Å². The number of anilines is 3. The summed E-state index contributed by atoms with van der Waals surface area (Å²) in [6.45, 7) is 10.8. The summed E-state index contributed by atoms with van der Waals surface area (Å²) in [7, 11) is 0. The van der Waals surface area contributed by atoms with Crippen LogP contribution in [0.15, 0.2) is 41.5 Å². The maximum absolute atomic E-state index is 4.87. The molecule has 2 aromatic rings. The van der Waals surface area contributed by atoms with E-state index in [1.807, 2.05) is 18.0 Å². The highest BCUT2D eigenvalue weighted by Crippen LogP contribution is 2.27. The predicted molar refractivity (Wildman–Crippen MR) is 129 cm³/mol. The molecule has 0 unspecified atom stereocenters. The summed E-state index contributed by atoms with van der Waals surface area (Å²) in [5.41, 5.74) is 6.71. The number of rotatable bonds is 9. The van der Waals surface area contributed by atoms with E-state index in [2.05, 4.69) is 77.5 Å². The molecule has 0 saturated carbocycles. The van der Waals surface area contributed by atoms with E-state index in [-0.39, 0.29) is 0 Å². The summed E-state index contributed by atoms with van der Waals surface area (Å²) in [6.07, 6.45) is 4.12. The molecule has 156 valence electrons. The van der Waals surface area contributed by atoms with Gasteiger partial charge < -0.3 is 9.80 Å². The first-order chi connectivity index (χ1) is 14.2. The van der Waals surface area contributed by atoms with Crippen LogP contribution in [0, 0.1) is 6.92 Å². The van der Waals surface area contributed by atoms with Gasteiger partial charge in [0.05, 0.1) is 6.21 Å². The van der Waals surface area contributed by atoms with Gasteiger partial charge in [0.25, 0.3) is 0 Å². The van der Waals surface area contributed by atoms with Crippen molar-refractivity contribution in [2.45, 2.75) is 33.6 Å². The molecule has 29 heavy (non-hydrogen) atoms. The fourth-order valence-electron chi connectivity index (χ4n) is 3.53. The number of aryl methyl sites for hydroxylation is 1. The van der Waals surface area contributed by atoms with Crippen molar-refractivity contribution >= 4 is 35.3 Å². The molecule has 1 aliphatic heterocycles. The molecule has 0 spiro atoms. The highest BCUT2D eigenvalue weighted by atomic mass is 32.2. The molecule has 5 nitrogen and oxygen atoms in total. The van der Waals surface area contributed by atoms with Gasteiger partial charge in [0.1, 0.15) is 5.82 Å². The Morgan fingerprint density at radius 3 is 2.59 bits per heavy atom. The zero-order valence-corrected chi connectivity index (χ0v) is 18.7. The van der Waals surface area contributed by atoms with Gasteiger partial charge in [0.2, 0.25) is 0 Å². The zero-order chi connectivity index (χ0) is 20.5. The standard InChI is InChI=1S/C23H33N5S/c1-4-9-27(10-5-2)21-16-22(25-23(17-21)28-11-13-29-14-12-28)26-24-18-20-8-6-7-19(3)15-20/h6-8,15-18H,4-5,9-14H2,1-3H3,(H,25,26)/b24-18+. The van der Waals surface area contributed by atoms with Crippen molar-refractivity contribution in [2.75, 3.05) is 52.9 Å². The summed E-state index contributed by atoms with van der Waals surface area (Å²) >= 11 is 2.02. The summed E-state index contributed by atoms with van der Waals surface area (Å²) in [4.78, 5) is 9.73. The molecule has 1 aromatic carbocycles. The maximum Gasteiger partial charge on any atom is 0.150 e. The first kappa shape index (κ1) is 21.5.